The van der Waals surface area contributed by atoms with E-state index < -0.39 is 10.0 Å². The van der Waals surface area contributed by atoms with Crippen molar-refractivity contribution in [1.82, 2.24) is 9.62 Å². The number of sulfonamides is 1. The van der Waals surface area contributed by atoms with Gasteiger partial charge in [-0.15, -0.1) is 0 Å². The highest BCUT2D eigenvalue weighted by molar-refractivity contribution is 7.89. The molecule has 1 amide bonds. The summed E-state index contributed by atoms with van der Waals surface area (Å²) in [4.78, 5) is 12.5. The first kappa shape index (κ1) is 22.0. The van der Waals surface area contributed by atoms with Crippen molar-refractivity contribution in [2.45, 2.75) is 50.8 Å². The molecule has 1 aromatic carbocycles. The molecule has 152 valence electrons. The van der Waals surface area contributed by atoms with Gasteiger partial charge in [0.25, 0.3) is 0 Å². The average molecular weight is 417 g/mol. The zero-order valence-corrected chi connectivity index (χ0v) is 17.6. The smallest absolute Gasteiger partial charge is 0.243 e. The Labute approximate surface area is 167 Å². The number of nitrogens with zero attached hydrogens (tertiary/aromatic N) is 1. The fourth-order valence-electron chi connectivity index (χ4n) is 3.17. The molecule has 1 saturated heterocycles. The van der Waals surface area contributed by atoms with E-state index in [9.17, 15) is 13.2 Å². The van der Waals surface area contributed by atoms with Crippen LogP contribution in [-0.4, -0.2) is 44.9 Å². The third-order valence-corrected chi connectivity index (χ3v) is 6.83. The van der Waals surface area contributed by atoms with Crippen LogP contribution in [0.25, 0.3) is 0 Å². The van der Waals surface area contributed by atoms with Crippen molar-refractivity contribution in [3.05, 3.63) is 23.2 Å². The zero-order valence-electron chi connectivity index (χ0n) is 16.0. The van der Waals surface area contributed by atoms with Crippen molar-refractivity contribution in [1.29, 1.82) is 0 Å². The van der Waals surface area contributed by atoms with E-state index in [4.69, 9.17) is 16.3 Å². The molecular formula is C19H29ClN2O4S. The van der Waals surface area contributed by atoms with E-state index in [1.807, 2.05) is 6.92 Å². The molecule has 0 aromatic heterocycles. The maximum Gasteiger partial charge on any atom is 0.243 e. The van der Waals surface area contributed by atoms with Crippen LogP contribution >= 0.6 is 11.6 Å². The predicted molar refractivity (Wildman–Crippen MR) is 107 cm³/mol. The summed E-state index contributed by atoms with van der Waals surface area (Å²) in [5.74, 6) is 0.0881. The van der Waals surface area contributed by atoms with Crippen molar-refractivity contribution < 1.29 is 17.9 Å². The lowest BCUT2D eigenvalue weighted by Gasteiger charge is -2.31. The number of benzene rings is 1. The number of nitrogens with one attached hydrogen (secondary N) is 1. The van der Waals surface area contributed by atoms with Crippen molar-refractivity contribution in [3.63, 3.8) is 0 Å². The number of carbonyl (C=O) groups excluding carboxylic acids is 1. The molecular weight excluding hydrogens is 388 g/mol. The van der Waals surface area contributed by atoms with E-state index in [-0.39, 0.29) is 28.3 Å². The average Bonchev–Trinajstić information content (AvgIpc) is 2.67. The maximum absolute atomic E-state index is 13.0. The zero-order chi connectivity index (χ0) is 19.9. The minimum Gasteiger partial charge on any atom is -0.492 e. The van der Waals surface area contributed by atoms with Gasteiger partial charge in [-0.05, 0) is 44.4 Å². The monoisotopic (exact) mass is 416 g/mol. The van der Waals surface area contributed by atoms with Gasteiger partial charge in [-0.3, -0.25) is 4.79 Å². The van der Waals surface area contributed by atoms with Crippen LogP contribution in [0, 0.1) is 5.92 Å². The van der Waals surface area contributed by atoms with Crippen molar-refractivity contribution in [3.8, 4) is 5.75 Å². The van der Waals surface area contributed by atoms with Gasteiger partial charge < -0.3 is 10.1 Å². The summed E-state index contributed by atoms with van der Waals surface area (Å²) in [5, 5.41) is 3.20. The quantitative estimate of drug-likeness (QED) is 0.625. The second kappa shape index (κ2) is 10.3. The Morgan fingerprint density at radius 2 is 2.11 bits per heavy atom. The summed E-state index contributed by atoms with van der Waals surface area (Å²) in [6, 6.07) is 4.48. The lowest BCUT2D eigenvalue weighted by molar-refractivity contribution is -0.126. The fraction of sp³-hybridized carbons (Fsp3) is 0.632. The number of carbonyl (C=O) groups is 1. The molecule has 1 atom stereocenters. The maximum atomic E-state index is 13.0. The first-order valence-electron chi connectivity index (χ1n) is 9.60. The van der Waals surface area contributed by atoms with Crippen LogP contribution in [0.4, 0.5) is 0 Å². The lowest BCUT2D eigenvalue weighted by atomic mass is 9.99. The number of halogens is 1. The van der Waals surface area contributed by atoms with E-state index in [1.165, 1.54) is 16.4 Å². The molecule has 1 aliphatic rings. The molecule has 0 spiro atoms. The highest BCUT2D eigenvalue weighted by atomic mass is 35.5. The van der Waals surface area contributed by atoms with Crippen LogP contribution in [0.2, 0.25) is 5.02 Å². The van der Waals surface area contributed by atoms with Gasteiger partial charge in [0.15, 0.2) is 0 Å². The van der Waals surface area contributed by atoms with Gasteiger partial charge in [-0.25, -0.2) is 8.42 Å². The molecule has 0 saturated carbocycles. The van der Waals surface area contributed by atoms with Gasteiger partial charge in [-0.1, -0.05) is 31.4 Å². The fourth-order valence-corrected chi connectivity index (χ4v) is 5.02. The molecule has 0 radical (unpaired) electrons. The molecule has 27 heavy (non-hydrogen) atoms. The van der Waals surface area contributed by atoms with Crippen LogP contribution in [0.3, 0.4) is 0 Å². The number of unbranched alkanes of at least 4 members (excludes halogenated alkanes) is 2. The first-order chi connectivity index (χ1) is 12.9. The van der Waals surface area contributed by atoms with E-state index in [1.54, 1.807) is 6.07 Å². The largest absolute Gasteiger partial charge is 0.492 e. The van der Waals surface area contributed by atoms with E-state index in [0.29, 0.717) is 38.3 Å². The highest BCUT2D eigenvalue weighted by Crippen LogP contribution is 2.30. The molecule has 0 bridgehead atoms. The molecule has 6 nitrogen and oxygen atoms in total. The molecule has 0 unspecified atom stereocenters. The van der Waals surface area contributed by atoms with E-state index in [0.717, 1.165) is 19.3 Å². The Balaban J connectivity index is 2.05. The summed E-state index contributed by atoms with van der Waals surface area (Å²) in [6.45, 7) is 5.65. The second-order valence-electron chi connectivity index (χ2n) is 6.73. The highest BCUT2D eigenvalue weighted by Gasteiger charge is 2.33. The SMILES string of the molecule is CCCCCNC(=O)[C@@H]1CCCN(S(=O)(=O)c2ccc(OCC)c(Cl)c2)C1. The van der Waals surface area contributed by atoms with Crippen LogP contribution in [0.5, 0.6) is 5.75 Å². The second-order valence-corrected chi connectivity index (χ2v) is 9.07. The van der Waals surface area contributed by atoms with Gasteiger partial charge in [0.2, 0.25) is 15.9 Å². The number of hydrogen-bond donors (Lipinski definition) is 1. The molecule has 1 aromatic rings. The van der Waals surface area contributed by atoms with Crippen molar-refractivity contribution in [2.75, 3.05) is 26.2 Å². The standard InChI is InChI=1S/C19H29ClN2O4S/c1-3-5-6-11-21-19(23)15-8-7-12-22(14-15)27(24,25)16-9-10-18(26-4-2)17(20)13-16/h9-10,13,15H,3-8,11-12,14H2,1-2H3,(H,21,23)/t15-/m1/s1. The van der Waals surface area contributed by atoms with Crippen LogP contribution in [-0.2, 0) is 14.8 Å². The third kappa shape index (κ3) is 5.83. The summed E-state index contributed by atoms with van der Waals surface area (Å²) < 4.78 is 32.7. The Morgan fingerprint density at radius 1 is 1.33 bits per heavy atom. The molecule has 1 aliphatic heterocycles. The molecule has 8 heteroatoms. The summed E-state index contributed by atoms with van der Waals surface area (Å²) in [7, 11) is -3.70. The lowest BCUT2D eigenvalue weighted by Crippen LogP contribution is -2.45. The van der Waals surface area contributed by atoms with E-state index in [2.05, 4.69) is 12.2 Å². The number of ether oxygens (including phenoxy) is 1. The Bertz CT molecular complexity index is 739. The Morgan fingerprint density at radius 3 is 2.78 bits per heavy atom. The minimum absolute atomic E-state index is 0.0595. The molecule has 0 aliphatic carbocycles. The molecule has 1 fully saturated rings. The molecule has 2 rings (SSSR count). The third-order valence-electron chi connectivity index (χ3n) is 4.68. The van der Waals surface area contributed by atoms with Crippen molar-refractivity contribution in [2.24, 2.45) is 5.92 Å². The number of hydrogen-bond acceptors (Lipinski definition) is 4. The summed E-state index contributed by atoms with van der Waals surface area (Å²) in [5.41, 5.74) is 0. The Kier molecular flexibility index (Phi) is 8.38. The Hall–Kier alpha value is -1.31. The normalized spacial score (nSPS) is 18.3. The van der Waals surface area contributed by atoms with Crippen LogP contribution < -0.4 is 10.1 Å². The van der Waals surface area contributed by atoms with Gasteiger partial charge in [0.05, 0.1) is 22.4 Å². The minimum atomic E-state index is -3.70. The summed E-state index contributed by atoms with van der Waals surface area (Å²) in [6.07, 6.45) is 4.48. The molecule has 1 N–H and O–H groups in total. The predicted octanol–water partition coefficient (Wildman–Crippen LogP) is 3.45. The van der Waals surface area contributed by atoms with Crippen LogP contribution in [0.1, 0.15) is 46.0 Å². The number of amides is 1. The van der Waals surface area contributed by atoms with Gasteiger partial charge in [-0.2, -0.15) is 4.31 Å². The number of rotatable bonds is 9. The number of piperidine rings is 1. The first-order valence-corrected chi connectivity index (χ1v) is 11.4. The van der Waals surface area contributed by atoms with Gasteiger partial charge >= 0.3 is 0 Å². The van der Waals surface area contributed by atoms with Crippen LogP contribution in [0.15, 0.2) is 23.1 Å². The van der Waals surface area contributed by atoms with Crippen molar-refractivity contribution >= 4 is 27.5 Å². The van der Waals surface area contributed by atoms with Gasteiger partial charge in [0.1, 0.15) is 5.75 Å². The topological polar surface area (TPSA) is 75.7 Å². The molecule has 1 heterocycles. The van der Waals surface area contributed by atoms with E-state index >= 15 is 0 Å². The summed E-state index contributed by atoms with van der Waals surface area (Å²) >= 11 is 6.14. The van der Waals surface area contributed by atoms with Gasteiger partial charge in [0, 0.05) is 19.6 Å².